The molecule has 0 aliphatic rings. The molecule has 0 saturated carbocycles. The Labute approximate surface area is 136 Å². The monoisotopic (exact) mass is 322 g/mol. The molecule has 2 aromatic heterocycles. The quantitative estimate of drug-likeness (QED) is 0.598. The minimum absolute atomic E-state index is 0.380. The molecule has 0 aliphatic carbocycles. The van der Waals surface area contributed by atoms with Crippen LogP contribution in [0.3, 0.4) is 0 Å². The molecule has 0 fully saturated rings. The van der Waals surface area contributed by atoms with Crippen LogP contribution in [-0.2, 0) is 6.61 Å². The highest BCUT2D eigenvalue weighted by atomic mass is 32.1. The van der Waals surface area contributed by atoms with Crippen LogP contribution in [0.25, 0.3) is 21.3 Å². The molecule has 0 spiro atoms. The van der Waals surface area contributed by atoms with Gasteiger partial charge in [-0.05, 0) is 46.7 Å². The summed E-state index contributed by atoms with van der Waals surface area (Å²) in [5.41, 5.74) is 8.44. The van der Waals surface area contributed by atoms with Gasteiger partial charge in [0.25, 0.3) is 0 Å². The maximum atomic E-state index is 5.90. The molecule has 4 rings (SSSR count). The van der Waals surface area contributed by atoms with E-state index >= 15 is 0 Å². The van der Waals surface area contributed by atoms with Crippen molar-refractivity contribution in [1.29, 1.82) is 0 Å². The SMILES string of the molecule is Nc1n[nH]nc1-c1cccc(OCc2ccc3sccc3c2)c1. The summed E-state index contributed by atoms with van der Waals surface area (Å²) in [5.74, 6) is 1.15. The molecule has 3 N–H and O–H groups in total. The maximum absolute atomic E-state index is 5.90. The Balaban J connectivity index is 1.53. The second kappa shape index (κ2) is 5.73. The molecular weight excluding hydrogens is 308 g/mol. The van der Waals surface area contributed by atoms with Crippen molar-refractivity contribution < 1.29 is 4.74 Å². The lowest BCUT2D eigenvalue weighted by atomic mass is 10.1. The maximum Gasteiger partial charge on any atom is 0.173 e. The van der Waals surface area contributed by atoms with Gasteiger partial charge in [0.1, 0.15) is 18.1 Å². The third kappa shape index (κ3) is 2.76. The number of benzene rings is 2. The van der Waals surface area contributed by atoms with E-state index in [4.69, 9.17) is 10.5 Å². The molecule has 0 radical (unpaired) electrons. The van der Waals surface area contributed by atoms with Crippen molar-refractivity contribution in [2.75, 3.05) is 5.73 Å². The molecule has 0 atom stereocenters. The van der Waals surface area contributed by atoms with Gasteiger partial charge in [-0.25, -0.2) is 0 Å². The topological polar surface area (TPSA) is 76.8 Å². The highest BCUT2D eigenvalue weighted by Crippen LogP contribution is 2.26. The number of anilines is 1. The van der Waals surface area contributed by atoms with E-state index in [0.29, 0.717) is 18.1 Å². The van der Waals surface area contributed by atoms with E-state index in [-0.39, 0.29) is 0 Å². The number of aromatic amines is 1. The lowest BCUT2D eigenvalue weighted by molar-refractivity contribution is 0.306. The zero-order valence-electron chi connectivity index (χ0n) is 12.2. The van der Waals surface area contributed by atoms with Gasteiger partial charge < -0.3 is 10.5 Å². The Hall–Kier alpha value is -2.86. The highest BCUT2D eigenvalue weighted by molar-refractivity contribution is 7.17. The van der Waals surface area contributed by atoms with E-state index in [2.05, 4.69) is 45.1 Å². The van der Waals surface area contributed by atoms with Crippen molar-refractivity contribution in [3.63, 3.8) is 0 Å². The van der Waals surface area contributed by atoms with Gasteiger partial charge >= 0.3 is 0 Å². The lowest BCUT2D eigenvalue weighted by Crippen LogP contribution is -1.95. The van der Waals surface area contributed by atoms with E-state index in [0.717, 1.165) is 16.9 Å². The van der Waals surface area contributed by atoms with Crippen molar-refractivity contribution in [1.82, 2.24) is 15.4 Å². The Bertz CT molecular complexity index is 960. The molecule has 6 heteroatoms. The van der Waals surface area contributed by atoms with Crippen LogP contribution in [0.2, 0.25) is 0 Å². The zero-order chi connectivity index (χ0) is 15.6. The summed E-state index contributed by atoms with van der Waals surface area (Å²) >= 11 is 1.74. The summed E-state index contributed by atoms with van der Waals surface area (Å²) < 4.78 is 7.19. The largest absolute Gasteiger partial charge is 0.489 e. The predicted octanol–water partition coefficient (Wildman–Crippen LogP) is 3.85. The molecule has 0 saturated heterocycles. The van der Waals surface area contributed by atoms with E-state index in [1.165, 1.54) is 10.1 Å². The zero-order valence-corrected chi connectivity index (χ0v) is 13.0. The third-order valence-corrected chi connectivity index (χ3v) is 4.50. The first-order valence-electron chi connectivity index (χ1n) is 7.15. The van der Waals surface area contributed by atoms with E-state index in [9.17, 15) is 0 Å². The molecule has 0 amide bonds. The number of hydrogen-bond donors (Lipinski definition) is 2. The van der Waals surface area contributed by atoms with Crippen LogP contribution >= 0.6 is 11.3 Å². The minimum atomic E-state index is 0.380. The van der Waals surface area contributed by atoms with E-state index in [1.54, 1.807) is 11.3 Å². The Morgan fingerprint density at radius 3 is 2.91 bits per heavy atom. The van der Waals surface area contributed by atoms with E-state index in [1.807, 2.05) is 24.3 Å². The number of nitrogens with one attached hydrogen (secondary N) is 1. The minimum Gasteiger partial charge on any atom is -0.489 e. The molecule has 4 aromatic rings. The van der Waals surface area contributed by atoms with Crippen molar-refractivity contribution in [3.8, 4) is 17.0 Å². The summed E-state index contributed by atoms with van der Waals surface area (Å²) in [6.45, 7) is 0.517. The Morgan fingerprint density at radius 1 is 1.09 bits per heavy atom. The fraction of sp³-hybridized carbons (Fsp3) is 0.0588. The molecule has 0 bridgehead atoms. The number of nitrogens with zero attached hydrogens (tertiary/aromatic N) is 2. The summed E-state index contributed by atoms with van der Waals surface area (Å²) in [5, 5.41) is 13.8. The average molecular weight is 322 g/mol. The van der Waals surface area contributed by atoms with Crippen molar-refractivity contribution in [3.05, 3.63) is 59.5 Å². The van der Waals surface area contributed by atoms with Gasteiger partial charge in [0, 0.05) is 10.3 Å². The van der Waals surface area contributed by atoms with Gasteiger partial charge in [0.2, 0.25) is 0 Å². The van der Waals surface area contributed by atoms with Gasteiger partial charge in [0.05, 0.1) is 0 Å². The second-order valence-electron chi connectivity index (χ2n) is 5.17. The van der Waals surface area contributed by atoms with E-state index < -0.39 is 0 Å². The molecule has 2 aromatic carbocycles. The second-order valence-corrected chi connectivity index (χ2v) is 6.11. The molecule has 2 heterocycles. The van der Waals surface area contributed by atoms with Crippen LogP contribution in [0.4, 0.5) is 5.82 Å². The molecule has 5 nitrogen and oxygen atoms in total. The van der Waals surface area contributed by atoms with Gasteiger partial charge in [-0.2, -0.15) is 10.3 Å². The third-order valence-electron chi connectivity index (χ3n) is 3.60. The standard InChI is InChI=1S/C17H14N4OS/c18-17-16(19-21-20-17)13-2-1-3-14(9-13)22-10-11-4-5-15-12(8-11)6-7-23-15/h1-9H,10H2,(H3,18,19,20,21). The number of H-pyrrole nitrogens is 1. The van der Waals surface area contributed by atoms with Crippen molar-refractivity contribution in [2.24, 2.45) is 0 Å². The fourth-order valence-corrected chi connectivity index (χ4v) is 3.23. The lowest BCUT2D eigenvalue weighted by Gasteiger charge is -2.08. The number of nitrogen functional groups attached to an aromatic ring is 1. The van der Waals surface area contributed by atoms with Crippen molar-refractivity contribution >= 4 is 27.2 Å². The number of thiophene rings is 1. The first-order valence-corrected chi connectivity index (χ1v) is 8.03. The summed E-state index contributed by atoms with van der Waals surface area (Å²) in [6, 6.07) is 16.2. The van der Waals surface area contributed by atoms with Crippen molar-refractivity contribution in [2.45, 2.75) is 6.61 Å². The first-order chi connectivity index (χ1) is 11.3. The van der Waals surface area contributed by atoms with Gasteiger partial charge in [-0.3, -0.25) is 0 Å². The average Bonchev–Trinajstić information content (AvgIpc) is 3.21. The smallest absolute Gasteiger partial charge is 0.173 e. The molecular formula is C17H14N4OS. The molecule has 0 unspecified atom stereocenters. The number of rotatable bonds is 4. The Morgan fingerprint density at radius 2 is 2.04 bits per heavy atom. The van der Waals surface area contributed by atoms with Gasteiger partial charge in [-0.15, -0.1) is 16.4 Å². The number of aromatic nitrogens is 3. The summed E-state index contributed by atoms with van der Waals surface area (Å²) in [4.78, 5) is 0. The number of nitrogens with two attached hydrogens (primary N) is 1. The number of fused-ring (bicyclic) bond motifs is 1. The first kappa shape index (κ1) is 13.8. The number of ether oxygens (including phenoxy) is 1. The normalized spacial score (nSPS) is 11.0. The molecule has 114 valence electrons. The summed E-state index contributed by atoms with van der Waals surface area (Å²) in [6.07, 6.45) is 0. The molecule has 0 aliphatic heterocycles. The van der Waals surface area contributed by atoms with Gasteiger partial charge in [-0.1, -0.05) is 18.2 Å². The van der Waals surface area contributed by atoms with Gasteiger partial charge in [0.15, 0.2) is 5.82 Å². The Kier molecular flexibility index (Phi) is 3.44. The fourth-order valence-electron chi connectivity index (χ4n) is 2.46. The van der Waals surface area contributed by atoms with Crippen LogP contribution in [0, 0.1) is 0 Å². The molecule has 23 heavy (non-hydrogen) atoms. The van der Waals surface area contributed by atoms with Crippen LogP contribution in [-0.4, -0.2) is 15.4 Å². The van der Waals surface area contributed by atoms with Crippen LogP contribution < -0.4 is 10.5 Å². The number of hydrogen-bond acceptors (Lipinski definition) is 5. The van der Waals surface area contributed by atoms with Crippen LogP contribution in [0.1, 0.15) is 5.56 Å². The summed E-state index contributed by atoms with van der Waals surface area (Å²) in [7, 11) is 0. The van der Waals surface area contributed by atoms with Crippen LogP contribution in [0.5, 0.6) is 5.75 Å². The highest BCUT2D eigenvalue weighted by Gasteiger charge is 2.08. The van der Waals surface area contributed by atoms with Crippen LogP contribution in [0.15, 0.2) is 53.9 Å². The predicted molar refractivity (Wildman–Crippen MR) is 92.4 cm³/mol.